The van der Waals surface area contributed by atoms with Gasteiger partial charge in [-0.2, -0.15) is 0 Å². The maximum absolute atomic E-state index is 12.1. The van der Waals surface area contributed by atoms with Crippen LogP contribution < -0.4 is 4.74 Å². The van der Waals surface area contributed by atoms with Crippen molar-refractivity contribution in [3.63, 3.8) is 0 Å². The highest BCUT2D eigenvalue weighted by molar-refractivity contribution is 9.10. The molecule has 5 heteroatoms. The van der Waals surface area contributed by atoms with Crippen LogP contribution in [0.15, 0.2) is 77.3 Å². The van der Waals surface area contributed by atoms with Gasteiger partial charge in [0.05, 0.1) is 13.2 Å². The van der Waals surface area contributed by atoms with Gasteiger partial charge in [0, 0.05) is 10.0 Å². The molecular weight excluding hydrogens is 454 g/mol. The van der Waals surface area contributed by atoms with Gasteiger partial charge in [-0.1, -0.05) is 76.9 Å². The zero-order valence-electron chi connectivity index (χ0n) is 17.5. The average molecular weight is 480 g/mol. The summed E-state index contributed by atoms with van der Waals surface area (Å²) in [5.74, 6) is -0.00498. The number of methoxy groups -OCH3 is 1. The molecule has 1 saturated heterocycles. The number of likely N-dealkylation sites (tertiary alicyclic amines) is 1. The third kappa shape index (κ3) is 4.68. The van der Waals surface area contributed by atoms with E-state index < -0.39 is 12.0 Å². The first-order chi connectivity index (χ1) is 15.1. The number of carboxylic acids is 1. The lowest BCUT2D eigenvalue weighted by Crippen LogP contribution is -2.46. The fourth-order valence-corrected chi connectivity index (χ4v) is 4.86. The lowest BCUT2D eigenvalue weighted by Gasteiger charge is -2.40. The van der Waals surface area contributed by atoms with Gasteiger partial charge in [0.1, 0.15) is 11.8 Å². The van der Waals surface area contributed by atoms with Crippen LogP contribution in [0.4, 0.5) is 0 Å². The highest BCUT2D eigenvalue weighted by atomic mass is 79.9. The van der Waals surface area contributed by atoms with Crippen LogP contribution in [0.2, 0.25) is 0 Å². The molecule has 0 amide bonds. The maximum Gasteiger partial charge on any atom is 0.320 e. The fourth-order valence-electron chi connectivity index (χ4n) is 4.49. The summed E-state index contributed by atoms with van der Waals surface area (Å²) in [5.41, 5.74) is 4.33. The summed E-state index contributed by atoms with van der Waals surface area (Å²) in [6.07, 6.45) is 2.58. The first kappa shape index (κ1) is 21.6. The summed E-state index contributed by atoms with van der Waals surface area (Å²) >= 11 is 3.59. The molecule has 0 bridgehead atoms. The summed E-state index contributed by atoms with van der Waals surface area (Å²) < 4.78 is 6.63. The topological polar surface area (TPSA) is 49.8 Å². The van der Waals surface area contributed by atoms with E-state index >= 15 is 0 Å². The van der Waals surface area contributed by atoms with Gasteiger partial charge < -0.3 is 9.84 Å². The van der Waals surface area contributed by atoms with E-state index in [0.29, 0.717) is 6.42 Å². The predicted octanol–water partition coefficient (Wildman–Crippen LogP) is 6.15. The van der Waals surface area contributed by atoms with E-state index in [-0.39, 0.29) is 6.04 Å². The van der Waals surface area contributed by atoms with Crippen molar-refractivity contribution in [3.8, 4) is 16.9 Å². The first-order valence-corrected chi connectivity index (χ1v) is 11.3. The molecule has 0 saturated carbocycles. The number of benzene rings is 3. The molecule has 2 unspecified atom stereocenters. The normalized spacial score (nSPS) is 17.8. The Morgan fingerprint density at radius 1 is 1.03 bits per heavy atom. The van der Waals surface area contributed by atoms with Crippen molar-refractivity contribution < 1.29 is 14.6 Å². The molecule has 31 heavy (non-hydrogen) atoms. The summed E-state index contributed by atoms with van der Waals surface area (Å²) in [6, 6.07) is 23.9. The zero-order chi connectivity index (χ0) is 21.8. The van der Waals surface area contributed by atoms with Crippen LogP contribution in [0.25, 0.3) is 11.1 Å². The van der Waals surface area contributed by atoms with Crippen molar-refractivity contribution >= 4 is 21.9 Å². The van der Waals surface area contributed by atoms with Crippen LogP contribution in [0, 0.1) is 0 Å². The minimum atomic E-state index is -0.764. The second-order valence-corrected chi connectivity index (χ2v) is 8.78. The molecule has 0 aromatic heterocycles. The second-order valence-electron chi connectivity index (χ2n) is 7.86. The number of piperidine rings is 1. The molecule has 3 aromatic carbocycles. The largest absolute Gasteiger partial charge is 0.496 e. The quantitative estimate of drug-likeness (QED) is 0.460. The molecule has 1 N–H and O–H groups in total. The Morgan fingerprint density at radius 3 is 2.42 bits per heavy atom. The summed E-state index contributed by atoms with van der Waals surface area (Å²) in [5, 5.41) is 9.94. The Labute approximate surface area is 191 Å². The number of carboxylic acid groups (broad SMARTS) is 1. The van der Waals surface area contributed by atoms with Crippen LogP contribution in [0.5, 0.6) is 5.75 Å². The molecule has 2 atom stereocenters. The minimum absolute atomic E-state index is 0.210. The molecule has 0 radical (unpaired) electrons. The standard InChI is InChI=1S/C26H26BrNO3/c1-31-24-15-14-21(27)17-22(24)25(28-16-6-5-9-23(28)26(29)30)20-12-10-19(11-13-20)18-7-3-2-4-8-18/h2-4,7-8,10-15,17,23,25H,5-6,9,16H2,1H3,(H,29,30). The fraction of sp³-hybridized carbons (Fsp3) is 0.269. The molecule has 0 spiro atoms. The van der Waals surface area contributed by atoms with Crippen LogP contribution in [0.3, 0.4) is 0 Å². The molecule has 3 aromatic rings. The molecule has 0 aliphatic carbocycles. The number of hydrogen-bond donors (Lipinski definition) is 1. The van der Waals surface area contributed by atoms with Gasteiger partial charge in [-0.05, 0) is 54.3 Å². The molecular formula is C26H26BrNO3. The third-order valence-electron chi connectivity index (χ3n) is 5.98. The lowest BCUT2D eigenvalue weighted by molar-refractivity contribution is -0.145. The van der Waals surface area contributed by atoms with Crippen molar-refractivity contribution in [2.24, 2.45) is 0 Å². The lowest BCUT2D eigenvalue weighted by atomic mass is 9.90. The zero-order valence-corrected chi connectivity index (χ0v) is 19.1. The SMILES string of the molecule is COc1ccc(Br)cc1C(c1ccc(-c2ccccc2)cc1)N1CCCCC1C(=O)O. The molecule has 1 aliphatic rings. The average Bonchev–Trinajstić information content (AvgIpc) is 2.81. The second kappa shape index (κ2) is 9.67. The van der Waals surface area contributed by atoms with Crippen molar-refractivity contribution in [1.29, 1.82) is 0 Å². The molecule has 160 valence electrons. The highest BCUT2D eigenvalue weighted by Gasteiger charge is 2.36. The molecule has 1 fully saturated rings. The predicted molar refractivity (Wildman–Crippen MR) is 126 cm³/mol. The van der Waals surface area contributed by atoms with Gasteiger partial charge in [-0.3, -0.25) is 9.69 Å². The van der Waals surface area contributed by atoms with Gasteiger partial charge in [-0.15, -0.1) is 0 Å². The molecule has 4 nitrogen and oxygen atoms in total. The molecule has 4 rings (SSSR count). The number of nitrogens with zero attached hydrogens (tertiary/aromatic N) is 1. The summed E-state index contributed by atoms with van der Waals surface area (Å²) in [6.45, 7) is 0.734. The van der Waals surface area contributed by atoms with Crippen molar-refractivity contribution in [2.45, 2.75) is 31.3 Å². The van der Waals surface area contributed by atoms with Gasteiger partial charge in [0.2, 0.25) is 0 Å². The Bertz CT molecular complexity index is 1040. The monoisotopic (exact) mass is 479 g/mol. The maximum atomic E-state index is 12.1. The smallest absolute Gasteiger partial charge is 0.320 e. The summed E-state index contributed by atoms with van der Waals surface area (Å²) in [4.78, 5) is 14.2. The Kier molecular flexibility index (Phi) is 6.73. The van der Waals surface area contributed by atoms with Crippen molar-refractivity contribution in [1.82, 2.24) is 4.90 Å². The number of hydrogen-bond acceptors (Lipinski definition) is 3. The number of ether oxygens (including phenoxy) is 1. The van der Waals surface area contributed by atoms with Gasteiger partial charge in [-0.25, -0.2) is 0 Å². The Hall–Kier alpha value is -2.63. The van der Waals surface area contributed by atoms with Crippen molar-refractivity contribution in [2.75, 3.05) is 13.7 Å². The van der Waals surface area contributed by atoms with E-state index in [4.69, 9.17) is 4.74 Å². The number of aliphatic carboxylic acids is 1. The van der Waals surface area contributed by atoms with Gasteiger partial charge >= 0.3 is 5.97 Å². The number of carbonyl (C=O) groups is 1. The molecule has 1 heterocycles. The van der Waals surface area contributed by atoms with E-state index in [1.165, 1.54) is 0 Å². The third-order valence-corrected chi connectivity index (χ3v) is 6.47. The van der Waals surface area contributed by atoms with E-state index in [1.54, 1.807) is 7.11 Å². The van der Waals surface area contributed by atoms with Gasteiger partial charge in [0.15, 0.2) is 0 Å². The van der Waals surface area contributed by atoms with E-state index in [9.17, 15) is 9.90 Å². The van der Waals surface area contributed by atoms with Gasteiger partial charge in [0.25, 0.3) is 0 Å². The van der Waals surface area contributed by atoms with E-state index in [0.717, 1.165) is 51.9 Å². The van der Waals surface area contributed by atoms with Crippen LogP contribution in [0.1, 0.15) is 36.4 Å². The summed E-state index contributed by atoms with van der Waals surface area (Å²) in [7, 11) is 1.66. The minimum Gasteiger partial charge on any atom is -0.496 e. The molecule has 1 aliphatic heterocycles. The highest BCUT2D eigenvalue weighted by Crippen LogP contribution is 2.40. The van der Waals surface area contributed by atoms with Crippen LogP contribution >= 0.6 is 15.9 Å². The van der Waals surface area contributed by atoms with E-state index in [1.807, 2.05) is 36.4 Å². The first-order valence-electron chi connectivity index (χ1n) is 10.6. The van der Waals surface area contributed by atoms with Crippen LogP contribution in [-0.2, 0) is 4.79 Å². The number of rotatable bonds is 6. The Balaban J connectivity index is 1.81. The van der Waals surface area contributed by atoms with Crippen molar-refractivity contribution in [3.05, 3.63) is 88.4 Å². The number of halogens is 1. The Morgan fingerprint density at radius 2 is 1.74 bits per heavy atom. The van der Waals surface area contributed by atoms with E-state index in [2.05, 4.69) is 57.2 Å². The van der Waals surface area contributed by atoms with Crippen LogP contribution in [-0.4, -0.2) is 35.7 Å².